The highest BCUT2D eigenvalue weighted by Crippen LogP contribution is 2.39. The van der Waals surface area contributed by atoms with E-state index in [-0.39, 0.29) is 24.9 Å². The first-order valence-electron chi connectivity index (χ1n) is 11.7. The number of amides is 1. The van der Waals surface area contributed by atoms with Gasteiger partial charge in [-0.1, -0.05) is 23.7 Å². The molecule has 1 aromatic heterocycles. The lowest BCUT2D eigenvalue weighted by atomic mass is 10.0. The lowest BCUT2D eigenvalue weighted by molar-refractivity contribution is -0.308. The van der Waals surface area contributed by atoms with Gasteiger partial charge in [-0.05, 0) is 41.2 Å². The molecule has 6 nitrogen and oxygen atoms in total. The van der Waals surface area contributed by atoms with E-state index in [0.29, 0.717) is 37.7 Å². The van der Waals surface area contributed by atoms with Crippen molar-refractivity contribution < 1.29 is 35.9 Å². The minimum absolute atomic E-state index is 0.0447. The van der Waals surface area contributed by atoms with Gasteiger partial charge in [0.15, 0.2) is 0 Å². The van der Waals surface area contributed by atoms with Crippen LogP contribution in [0.4, 0.5) is 36.8 Å². The van der Waals surface area contributed by atoms with Gasteiger partial charge in [0.25, 0.3) is 6.10 Å². The Morgan fingerprint density at radius 2 is 1.70 bits per heavy atom. The average molecular weight is 549 g/mol. The number of carbonyl (C=O) groups excluding carboxylic acids is 1. The molecular formula is C24H23ClF6N4O2. The second-order valence-corrected chi connectivity index (χ2v) is 10.1. The van der Waals surface area contributed by atoms with Crippen molar-refractivity contribution in [2.45, 2.75) is 38.1 Å². The van der Waals surface area contributed by atoms with Crippen LogP contribution in [0.15, 0.2) is 36.5 Å². The molecule has 200 valence electrons. The van der Waals surface area contributed by atoms with Crippen LogP contribution in [0, 0.1) is 11.8 Å². The number of rotatable bonds is 4. The van der Waals surface area contributed by atoms with Crippen LogP contribution in [0.3, 0.4) is 0 Å². The first-order valence-corrected chi connectivity index (χ1v) is 12.0. The van der Waals surface area contributed by atoms with Crippen LogP contribution in [0.5, 0.6) is 0 Å². The predicted octanol–water partition coefficient (Wildman–Crippen LogP) is 5.25. The van der Waals surface area contributed by atoms with E-state index < -0.39 is 24.5 Å². The van der Waals surface area contributed by atoms with Gasteiger partial charge in [0.2, 0.25) is 0 Å². The van der Waals surface area contributed by atoms with Crippen molar-refractivity contribution in [3.05, 3.63) is 58.4 Å². The average Bonchev–Trinajstić information content (AvgIpc) is 3.49. The molecule has 0 spiro atoms. The number of hydrogen-bond acceptors (Lipinski definition) is 5. The lowest BCUT2D eigenvalue weighted by Crippen LogP contribution is -2.48. The maximum absolute atomic E-state index is 12.8. The molecule has 0 radical (unpaired) electrons. The molecule has 2 atom stereocenters. The molecule has 3 aliphatic rings. The number of halogens is 7. The van der Waals surface area contributed by atoms with Gasteiger partial charge in [-0.3, -0.25) is 9.88 Å². The number of nitrogens with zero attached hydrogens (tertiary/aromatic N) is 4. The molecule has 5 rings (SSSR count). The largest absolute Gasteiger partial charge is 0.434 e. The van der Waals surface area contributed by atoms with Crippen LogP contribution in [0.2, 0.25) is 5.02 Å². The fourth-order valence-corrected chi connectivity index (χ4v) is 5.61. The zero-order valence-corrected chi connectivity index (χ0v) is 20.2. The number of carbonyl (C=O) groups is 1. The minimum Gasteiger partial charge on any atom is -0.426 e. The van der Waals surface area contributed by atoms with Crippen LogP contribution in [0.1, 0.15) is 16.8 Å². The minimum atomic E-state index is -5.73. The van der Waals surface area contributed by atoms with Crippen LogP contribution >= 0.6 is 11.6 Å². The van der Waals surface area contributed by atoms with Crippen LogP contribution < -0.4 is 4.90 Å². The Labute approximate surface area is 213 Å². The number of aromatic nitrogens is 1. The summed E-state index contributed by atoms with van der Waals surface area (Å²) < 4.78 is 80.4. The highest BCUT2D eigenvalue weighted by molar-refractivity contribution is 6.30. The molecule has 13 heteroatoms. The molecule has 0 N–H and O–H groups in total. The van der Waals surface area contributed by atoms with Crippen LogP contribution in [0.25, 0.3) is 0 Å². The Kier molecular flexibility index (Phi) is 6.68. The first kappa shape index (κ1) is 25.9. The van der Waals surface area contributed by atoms with Crippen molar-refractivity contribution >= 4 is 23.4 Å². The number of ether oxygens (including phenoxy) is 1. The van der Waals surface area contributed by atoms with Crippen LogP contribution in [-0.2, 0) is 24.4 Å². The third-order valence-corrected chi connectivity index (χ3v) is 7.34. The summed E-state index contributed by atoms with van der Waals surface area (Å²) in [5.74, 6) is -0.141. The maximum Gasteiger partial charge on any atom is 0.434 e. The Bertz CT molecular complexity index is 1120. The monoisotopic (exact) mass is 548 g/mol. The maximum atomic E-state index is 12.8. The Balaban J connectivity index is 1.21. The number of alkyl halides is 6. The molecule has 4 heterocycles. The highest BCUT2D eigenvalue weighted by Gasteiger charge is 2.60. The number of pyridine rings is 1. The fourth-order valence-electron chi connectivity index (χ4n) is 5.44. The molecule has 0 saturated carbocycles. The van der Waals surface area contributed by atoms with E-state index in [0.717, 1.165) is 27.4 Å². The smallest absolute Gasteiger partial charge is 0.426 e. The molecule has 37 heavy (non-hydrogen) atoms. The standard InChI is InChI=1S/C24H23ClF6N4O2/c25-18-4-3-15(20(6-18)34-10-14-2-1-5-32-19(14)13-34)7-33-8-16-11-35(12-17(16)9-33)22(36)37-21(23(26,27)28)24(29,30)31/h1-6,16-17,21H,7-13H2. The van der Waals surface area contributed by atoms with E-state index in [4.69, 9.17) is 11.6 Å². The highest BCUT2D eigenvalue weighted by atomic mass is 35.5. The fraction of sp³-hybridized carbons (Fsp3) is 0.500. The third-order valence-electron chi connectivity index (χ3n) is 7.10. The van der Waals surface area contributed by atoms with Gasteiger partial charge in [0.1, 0.15) is 0 Å². The molecular weight excluding hydrogens is 526 g/mol. The Morgan fingerprint density at radius 3 is 2.32 bits per heavy atom. The van der Waals surface area contributed by atoms with E-state index in [9.17, 15) is 31.1 Å². The van der Waals surface area contributed by atoms with Crippen molar-refractivity contribution in [1.82, 2.24) is 14.8 Å². The summed E-state index contributed by atoms with van der Waals surface area (Å²) in [6.45, 7) is 3.15. The number of benzene rings is 1. The molecule has 1 aromatic carbocycles. The SMILES string of the molecule is O=C(OC(C(F)(F)F)C(F)(F)F)N1CC2CN(Cc3ccc(Cl)cc3N3Cc4cccnc4C3)CC2C1. The summed E-state index contributed by atoms with van der Waals surface area (Å²) in [4.78, 5) is 21.9. The third kappa shape index (κ3) is 5.45. The van der Waals surface area contributed by atoms with Crippen molar-refractivity contribution in [3.8, 4) is 0 Å². The van der Waals surface area contributed by atoms with Gasteiger partial charge in [-0.25, -0.2) is 4.79 Å². The second kappa shape index (κ2) is 9.54. The summed E-state index contributed by atoms with van der Waals surface area (Å²) in [6, 6.07) is 9.62. The number of likely N-dealkylation sites (tertiary alicyclic amines) is 2. The summed E-state index contributed by atoms with van der Waals surface area (Å²) in [6.07, 6.45) is -15.4. The first-order chi connectivity index (χ1) is 17.4. The normalized spacial score (nSPS) is 22.1. The van der Waals surface area contributed by atoms with Gasteiger partial charge < -0.3 is 14.5 Å². The quantitative estimate of drug-likeness (QED) is 0.489. The number of anilines is 1. The summed E-state index contributed by atoms with van der Waals surface area (Å²) >= 11 is 6.29. The van der Waals surface area contributed by atoms with E-state index in [1.54, 1.807) is 6.20 Å². The van der Waals surface area contributed by atoms with Gasteiger partial charge in [-0.2, -0.15) is 26.3 Å². The van der Waals surface area contributed by atoms with Crippen molar-refractivity contribution in [2.75, 3.05) is 31.1 Å². The zero-order valence-electron chi connectivity index (χ0n) is 19.4. The summed E-state index contributed by atoms with van der Waals surface area (Å²) in [5, 5.41) is 0.603. The van der Waals surface area contributed by atoms with Crippen molar-refractivity contribution in [3.63, 3.8) is 0 Å². The van der Waals surface area contributed by atoms with E-state index in [1.807, 2.05) is 30.3 Å². The topological polar surface area (TPSA) is 48.9 Å². The van der Waals surface area contributed by atoms with E-state index in [2.05, 4.69) is 19.5 Å². The van der Waals surface area contributed by atoms with Crippen molar-refractivity contribution in [1.29, 1.82) is 0 Å². The number of fused-ring (bicyclic) bond motifs is 2. The molecule has 3 aliphatic heterocycles. The predicted molar refractivity (Wildman–Crippen MR) is 122 cm³/mol. The zero-order chi connectivity index (χ0) is 26.5. The second-order valence-electron chi connectivity index (χ2n) is 9.70. The molecule has 2 aromatic rings. The molecule has 0 bridgehead atoms. The van der Waals surface area contributed by atoms with Gasteiger partial charge in [0.05, 0.1) is 12.2 Å². The van der Waals surface area contributed by atoms with Gasteiger partial charge >= 0.3 is 18.4 Å². The lowest BCUT2D eigenvalue weighted by Gasteiger charge is -2.27. The van der Waals surface area contributed by atoms with Gasteiger partial charge in [-0.15, -0.1) is 0 Å². The Morgan fingerprint density at radius 1 is 1.03 bits per heavy atom. The number of hydrogen-bond donors (Lipinski definition) is 0. The Hall–Kier alpha value is -2.73. The van der Waals surface area contributed by atoms with E-state index >= 15 is 0 Å². The molecule has 2 unspecified atom stereocenters. The summed E-state index contributed by atoms with van der Waals surface area (Å²) in [7, 11) is 0. The summed E-state index contributed by atoms with van der Waals surface area (Å²) in [5.41, 5.74) is 4.19. The van der Waals surface area contributed by atoms with Gasteiger partial charge in [0, 0.05) is 56.2 Å². The van der Waals surface area contributed by atoms with Crippen LogP contribution in [-0.4, -0.2) is 65.5 Å². The molecule has 2 fully saturated rings. The molecule has 2 saturated heterocycles. The molecule has 0 aliphatic carbocycles. The molecule has 1 amide bonds. The van der Waals surface area contributed by atoms with E-state index in [1.165, 1.54) is 0 Å². The van der Waals surface area contributed by atoms with Crippen molar-refractivity contribution in [2.24, 2.45) is 11.8 Å².